The van der Waals surface area contributed by atoms with Gasteiger partial charge in [0.05, 0.1) is 17.8 Å². The highest BCUT2D eigenvalue weighted by Gasteiger charge is 2.35. The molecule has 0 bridgehead atoms. The molecule has 1 saturated heterocycles. The van der Waals surface area contributed by atoms with Gasteiger partial charge in [0.1, 0.15) is 0 Å². The summed E-state index contributed by atoms with van der Waals surface area (Å²) in [6.07, 6.45) is 0.783. The third-order valence-corrected chi connectivity index (χ3v) is 2.08. The molecule has 1 aliphatic rings. The fourth-order valence-electron chi connectivity index (χ4n) is 1.53. The van der Waals surface area contributed by atoms with Gasteiger partial charge >= 0.3 is 0 Å². The van der Waals surface area contributed by atoms with Crippen LogP contribution in [0.4, 0.5) is 0 Å². The van der Waals surface area contributed by atoms with Crippen molar-refractivity contribution < 1.29 is 14.6 Å². The first-order valence-corrected chi connectivity index (χ1v) is 4.93. The van der Waals surface area contributed by atoms with Gasteiger partial charge in [-0.15, -0.1) is 0 Å². The van der Waals surface area contributed by atoms with Crippen LogP contribution in [-0.2, 0) is 9.47 Å². The van der Waals surface area contributed by atoms with Gasteiger partial charge in [-0.25, -0.2) is 0 Å². The Bertz CT molecular complexity index is 162. The van der Waals surface area contributed by atoms with Crippen molar-refractivity contribution in [3.63, 3.8) is 0 Å². The van der Waals surface area contributed by atoms with Crippen LogP contribution in [0.5, 0.6) is 0 Å². The van der Waals surface area contributed by atoms with Crippen LogP contribution < -0.4 is 0 Å². The van der Waals surface area contributed by atoms with Crippen LogP contribution >= 0.6 is 0 Å². The van der Waals surface area contributed by atoms with E-state index in [9.17, 15) is 5.11 Å². The summed E-state index contributed by atoms with van der Waals surface area (Å²) in [5, 5.41) is 9.55. The largest absolute Gasteiger partial charge is 0.390 e. The minimum atomic E-state index is -0.364. The molecule has 3 nitrogen and oxygen atoms in total. The van der Waals surface area contributed by atoms with Gasteiger partial charge in [0.25, 0.3) is 0 Å². The summed E-state index contributed by atoms with van der Waals surface area (Å²) in [4.78, 5) is 0. The van der Waals surface area contributed by atoms with Crippen molar-refractivity contribution in [2.75, 3.05) is 0 Å². The Morgan fingerprint density at radius 2 is 2.08 bits per heavy atom. The smallest absolute Gasteiger partial charge is 0.161 e. The summed E-state index contributed by atoms with van der Waals surface area (Å²) in [7, 11) is 0. The number of aliphatic hydroxyl groups is 1. The van der Waals surface area contributed by atoms with Gasteiger partial charge in [-0.3, -0.25) is 0 Å². The van der Waals surface area contributed by atoms with E-state index in [-0.39, 0.29) is 24.1 Å². The quantitative estimate of drug-likeness (QED) is 0.716. The second-order valence-corrected chi connectivity index (χ2v) is 4.55. The van der Waals surface area contributed by atoms with Gasteiger partial charge in [0, 0.05) is 6.42 Å². The number of rotatable bonds is 2. The number of hydrogen-bond donors (Lipinski definition) is 1. The number of aliphatic hydroxyl groups excluding tert-OH is 1. The number of ether oxygens (including phenoxy) is 2. The molecule has 13 heavy (non-hydrogen) atoms. The molecule has 1 N–H and O–H groups in total. The van der Waals surface area contributed by atoms with Gasteiger partial charge in [0.2, 0.25) is 0 Å². The van der Waals surface area contributed by atoms with E-state index in [2.05, 4.69) is 0 Å². The van der Waals surface area contributed by atoms with Crippen LogP contribution in [-0.4, -0.2) is 29.2 Å². The SMILES string of the molecule is CCC1OC(OC(C)(C)C)CC1O. The van der Waals surface area contributed by atoms with Crippen molar-refractivity contribution in [1.82, 2.24) is 0 Å². The van der Waals surface area contributed by atoms with Gasteiger partial charge in [-0.2, -0.15) is 0 Å². The Kier molecular flexibility index (Phi) is 3.33. The molecule has 0 amide bonds. The topological polar surface area (TPSA) is 38.7 Å². The first-order chi connectivity index (χ1) is 5.92. The van der Waals surface area contributed by atoms with Crippen molar-refractivity contribution in [1.29, 1.82) is 0 Å². The minimum absolute atomic E-state index is 0.0488. The van der Waals surface area contributed by atoms with Crippen LogP contribution in [0.25, 0.3) is 0 Å². The molecule has 0 aliphatic carbocycles. The molecule has 0 aromatic heterocycles. The maximum atomic E-state index is 9.55. The lowest BCUT2D eigenvalue weighted by Crippen LogP contribution is -2.27. The molecule has 3 heteroatoms. The third-order valence-electron chi connectivity index (χ3n) is 2.08. The van der Waals surface area contributed by atoms with Crippen LogP contribution in [0.15, 0.2) is 0 Å². The Morgan fingerprint density at radius 1 is 1.46 bits per heavy atom. The maximum Gasteiger partial charge on any atom is 0.161 e. The minimum Gasteiger partial charge on any atom is -0.390 e. The zero-order valence-corrected chi connectivity index (χ0v) is 8.91. The Labute approximate surface area is 80.0 Å². The number of hydrogen-bond acceptors (Lipinski definition) is 3. The van der Waals surface area contributed by atoms with E-state index in [1.807, 2.05) is 27.7 Å². The Morgan fingerprint density at radius 3 is 2.46 bits per heavy atom. The molecule has 1 rings (SSSR count). The van der Waals surface area contributed by atoms with E-state index in [0.29, 0.717) is 6.42 Å². The van der Waals surface area contributed by atoms with E-state index < -0.39 is 0 Å². The monoisotopic (exact) mass is 188 g/mol. The maximum absolute atomic E-state index is 9.55. The summed E-state index contributed by atoms with van der Waals surface area (Å²) >= 11 is 0. The van der Waals surface area contributed by atoms with E-state index >= 15 is 0 Å². The molecule has 78 valence electrons. The van der Waals surface area contributed by atoms with Crippen molar-refractivity contribution in [2.45, 2.75) is 64.6 Å². The Hall–Kier alpha value is -0.120. The molecular formula is C10H20O3. The fourth-order valence-corrected chi connectivity index (χ4v) is 1.53. The normalized spacial score (nSPS) is 35.3. The Balaban J connectivity index is 2.40. The summed E-state index contributed by atoms with van der Waals surface area (Å²) in [5.41, 5.74) is -0.201. The molecule has 3 unspecified atom stereocenters. The van der Waals surface area contributed by atoms with Crippen molar-refractivity contribution in [3.8, 4) is 0 Å². The lowest BCUT2D eigenvalue weighted by Gasteiger charge is -2.24. The molecule has 1 aliphatic heterocycles. The summed E-state index contributed by atoms with van der Waals surface area (Å²) in [6.45, 7) is 7.97. The molecule has 0 aromatic rings. The average Bonchev–Trinajstić information content (AvgIpc) is 2.26. The fraction of sp³-hybridized carbons (Fsp3) is 1.00. The van der Waals surface area contributed by atoms with Crippen LogP contribution in [0.2, 0.25) is 0 Å². The van der Waals surface area contributed by atoms with Gasteiger partial charge in [0.15, 0.2) is 6.29 Å². The van der Waals surface area contributed by atoms with Gasteiger partial charge in [-0.1, -0.05) is 6.92 Å². The van der Waals surface area contributed by atoms with E-state index in [1.54, 1.807) is 0 Å². The summed E-state index contributed by atoms with van der Waals surface area (Å²) < 4.78 is 11.1. The van der Waals surface area contributed by atoms with Gasteiger partial charge < -0.3 is 14.6 Å². The molecule has 3 atom stereocenters. The van der Waals surface area contributed by atoms with E-state index in [4.69, 9.17) is 9.47 Å². The lowest BCUT2D eigenvalue weighted by molar-refractivity contribution is -0.187. The molecule has 1 fully saturated rings. The first kappa shape index (κ1) is 11.0. The molecule has 1 heterocycles. The van der Waals surface area contributed by atoms with Crippen LogP contribution in [0.1, 0.15) is 40.5 Å². The zero-order valence-electron chi connectivity index (χ0n) is 8.91. The van der Waals surface area contributed by atoms with E-state index in [1.165, 1.54) is 0 Å². The standard InChI is InChI=1S/C10H20O3/c1-5-8-7(11)6-9(12-8)13-10(2,3)4/h7-9,11H,5-6H2,1-4H3. The van der Waals surface area contributed by atoms with E-state index in [0.717, 1.165) is 6.42 Å². The second-order valence-electron chi connectivity index (χ2n) is 4.55. The highest BCUT2D eigenvalue weighted by molar-refractivity contribution is 4.78. The predicted molar refractivity (Wildman–Crippen MR) is 50.4 cm³/mol. The summed E-state index contributed by atoms with van der Waals surface area (Å²) in [6, 6.07) is 0. The average molecular weight is 188 g/mol. The first-order valence-electron chi connectivity index (χ1n) is 4.93. The molecular weight excluding hydrogens is 168 g/mol. The highest BCUT2D eigenvalue weighted by atomic mass is 16.7. The van der Waals surface area contributed by atoms with Crippen LogP contribution in [0.3, 0.4) is 0 Å². The van der Waals surface area contributed by atoms with Crippen molar-refractivity contribution >= 4 is 0 Å². The van der Waals surface area contributed by atoms with Crippen molar-refractivity contribution in [2.24, 2.45) is 0 Å². The zero-order chi connectivity index (χ0) is 10.1. The summed E-state index contributed by atoms with van der Waals surface area (Å²) in [5.74, 6) is 0. The lowest BCUT2D eigenvalue weighted by atomic mass is 10.1. The van der Waals surface area contributed by atoms with Crippen molar-refractivity contribution in [3.05, 3.63) is 0 Å². The molecule has 0 radical (unpaired) electrons. The molecule has 0 spiro atoms. The highest BCUT2D eigenvalue weighted by Crippen LogP contribution is 2.26. The van der Waals surface area contributed by atoms with Crippen LogP contribution in [0, 0.1) is 0 Å². The second kappa shape index (κ2) is 3.95. The third kappa shape index (κ3) is 3.25. The van der Waals surface area contributed by atoms with Gasteiger partial charge in [-0.05, 0) is 27.2 Å². The predicted octanol–water partition coefficient (Wildman–Crippen LogP) is 1.69. The molecule has 0 saturated carbocycles. The molecule has 0 aromatic carbocycles.